The zero-order valence-corrected chi connectivity index (χ0v) is 12.7. The fraction of sp³-hybridized carbons (Fsp3) is 0.556. The van der Waals surface area contributed by atoms with E-state index in [4.69, 9.17) is 4.42 Å². The highest BCUT2D eigenvalue weighted by molar-refractivity contribution is 5.79. The van der Waals surface area contributed by atoms with Crippen molar-refractivity contribution in [2.75, 3.05) is 13.1 Å². The number of nitrogens with zero attached hydrogens (tertiary/aromatic N) is 1. The second kappa shape index (κ2) is 6.01. The summed E-state index contributed by atoms with van der Waals surface area (Å²) in [4.78, 5) is 2.70. The van der Waals surface area contributed by atoms with Gasteiger partial charge in [0.25, 0.3) is 0 Å². The zero-order valence-electron chi connectivity index (χ0n) is 12.7. The van der Waals surface area contributed by atoms with Crippen molar-refractivity contribution in [3.05, 3.63) is 35.6 Å². The molecule has 0 fully saturated rings. The number of hydrogen-bond acceptors (Lipinski definition) is 2. The molecule has 108 valence electrons. The monoisotopic (exact) mass is 271 g/mol. The number of furan rings is 1. The van der Waals surface area contributed by atoms with Crippen molar-refractivity contribution in [3.63, 3.8) is 0 Å². The smallest absolute Gasteiger partial charge is 0.134 e. The van der Waals surface area contributed by atoms with Crippen LogP contribution in [0.25, 0.3) is 11.0 Å². The molecular formula is C18H25NO. The summed E-state index contributed by atoms with van der Waals surface area (Å²) in [6, 6.07) is 7.41. The fourth-order valence-electron chi connectivity index (χ4n) is 3.56. The van der Waals surface area contributed by atoms with E-state index in [9.17, 15) is 0 Å². The summed E-state index contributed by atoms with van der Waals surface area (Å²) < 4.78 is 5.52. The van der Waals surface area contributed by atoms with Gasteiger partial charge in [-0.1, -0.05) is 13.8 Å². The van der Waals surface area contributed by atoms with Gasteiger partial charge < -0.3 is 9.32 Å². The first-order valence-corrected chi connectivity index (χ1v) is 8.05. The Morgan fingerprint density at radius 2 is 1.95 bits per heavy atom. The predicted molar refractivity (Wildman–Crippen MR) is 84.2 cm³/mol. The van der Waals surface area contributed by atoms with Crippen LogP contribution in [0.3, 0.4) is 0 Å². The van der Waals surface area contributed by atoms with Gasteiger partial charge in [-0.3, -0.25) is 0 Å². The van der Waals surface area contributed by atoms with Gasteiger partial charge in [-0.2, -0.15) is 0 Å². The summed E-state index contributed by atoms with van der Waals surface area (Å²) in [7, 11) is 0. The molecule has 1 atom stereocenters. The lowest BCUT2D eigenvalue weighted by atomic mass is 9.86. The van der Waals surface area contributed by atoms with Crippen LogP contribution in [0.15, 0.2) is 28.9 Å². The third-order valence-corrected chi connectivity index (χ3v) is 4.52. The summed E-state index contributed by atoms with van der Waals surface area (Å²) in [6.45, 7) is 7.05. The fourth-order valence-corrected chi connectivity index (χ4v) is 3.56. The van der Waals surface area contributed by atoms with Gasteiger partial charge in [0.05, 0.1) is 6.26 Å². The molecule has 0 spiro atoms. The van der Waals surface area contributed by atoms with Crippen LogP contribution in [0.2, 0.25) is 0 Å². The minimum atomic E-state index is 0.728. The van der Waals surface area contributed by atoms with Crippen molar-refractivity contribution < 1.29 is 4.42 Å². The SMILES string of the molecule is CCCN(CCC)C1CCc2cc3occc3cc2C1. The van der Waals surface area contributed by atoms with Crippen molar-refractivity contribution in [2.45, 2.75) is 52.0 Å². The number of aryl methyl sites for hydroxylation is 1. The standard InChI is InChI=1S/C18H25NO/c1-3-8-19(9-4-2)17-6-5-14-13-18-15(7-10-20-18)11-16(14)12-17/h7,10-11,13,17H,3-6,8-9,12H2,1-2H3. The lowest BCUT2D eigenvalue weighted by Gasteiger charge is -2.35. The number of hydrogen-bond donors (Lipinski definition) is 0. The van der Waals surface area contributed by atoms with Crippen LogP contribution in [0.1, 0.15) is 44.2 Å². The molecule has 3 rings (SSSR count). The van der Waals surface area contributed by atoms with Crippen LogP contribution >= 0.6 is 0 Å². The maximum Gasteiger partial charge on any atom is 0.134 e. The summed E-state index contributed by atoms with van der Waals surface area (Å²) in [5.74, 6) is 0. The van der Waals surface area contributed by atoms with Crippen LogP contribution in [0.4, 0.5) is 0 Å². The molecule has 0 radical (unpaired) electrons. The van der Waals surface area contributed by atoms with E-state index in [1.807, 2.05) is 0 Å². The van der Waals surface area contributed by atoms with Crippen LogP contribution in [0, 0.1) is 0 Å². The average molecular weight is 271 g/mol. The summed E-state index contributed by atoms with van der Waals surface area (Å²) in [5, 5.41) is 1.25. The van der Waals surface area contributed by atoms with E-state index in [0.717, 1.165) is 11.6 Å². The molecule has 1 aliphatic carbocycles. The Kier molecular flexibility index (Phi) is 4.11. The first-order chi connectivity index (χ1) is 9.81. The van der Waals surface area contributed by atoms with Crippen molar-refractivity contribution in [2.24, 2.45) is 0 Å². The van der Waals surface area contributed by atoms with Gasteiger partial charge in [-0.15, -0.1) is 0 Å². The Morgan fingerprint density at radius 3 is 2.70 bits per heavy atom. The number of benzene rings is 1. The normalized spacial score (nSPS) is 18.6. The van der Waals surface area contributed by atoms with Crippen LogP contribution in [-0.4, -0.2) is 24.0 Å². The molecule has 2 nitrogen and oxygen atoms in total. The first kappa shape index (κ1) is 13.7. The largest absolute Gasteiger partial charge is 0.464 e. The van der Waals surface area contributed by atoms with E-state index in [0.29, 0.717) is 0 Å². The molecule has 2 aromatic rings. The first-order valence-electron chi connectivity index (χ1n) is 8.05. The summed E-state index contributed by atoms with van der Waals surface area (Å²) in [5.41, 5.74) is 4.07. The topological polar surface area (TPSA) is 16.4 Å². The van der Waals surface area contributed by atoms with Crippen molar-refractivity contribution >= 4 is 11.0 Å². The minimum Gasteiger partial charge on any atom is -0.464 e. The van der Waals surface area contributed by atoms with Gasteiger partial charge >= 0.3 is 0 Å². The zero-order chi connectivity index (χ0) is 13.9. The lowest BCUT2D eigenvalue weighted by molar-refractivity contribution is 0.180. The van der Waals surface area contributed by atoms with E-state index < -0.39 is 0 Å². The molecule has 1 aliphatic rings. The van der Waals surface area contributed by atoms with Crippen molar-refractivity contribution in [1.29, 1.82) is 0 Å². The Labute approximate surface area is 121 Å². The third-order valence-electron chi connectivity index (χ3n) is 4.52. The third kappa shape index (κ3) is 2.62. The van der Waals surface area contributed by atoms with Gasteiger partial charge in [0.1, 0.15) is 5.58 Å². The molecule has 0 N–H and O–H groups in total. The number of rotatable bonds is 5. The lowest BCUT2D eigenvalue weighted by Crippen LogP contribution is -2.40. The van der Waals surface area contributed by atoms with E-state index in [1.54, 1.807) is 6.26 Å². The highest BCUT2D eigenvalue weighted by Gasteiger charge is 2.24. The highest BCUT2D eigenvalue weighted by Crippen LogP contribution is 2.29. The maximum absolute atomic E-state index is 5.52. The Bertz CT molecular complexity index is 566. The predicted octanol–water partition coefficient (Wildman–Crippen LogP) is 4.41. The molecular weight excluding hydrogens is 246 g/mol. The number of fused-ring (bicyclic) bond motifs is 2. The molecule has 0 bridgehead atoms. The molecule has 1 aromatic carbocycles. The molecule has 0 amide bonds. The van der Waals surface area contributed by atoms with Gasteiger partial charge in [0.15, 0.2) is 0 Å². The molecule has 0 saturated carbocycles. The van der Waals surface area contributed by atoms with E-state index >= 15 is 0 Å². The van der Waals surface area contributed by atoms with Crippen LogP contribution in [0.5, 0.6) is 0 Å². The molecule has 0 saturated heterocycles. The Morgan fingerprint density at radius 1 is 1.15 bits per heavy atom. The van der Waals surface area contributed by atoms with Crippen molar-refractivity contribution in [3.8, 4) is 0 Å². The second-order valence-corrected chi connectivity index (χ2v) is 6.01. The summed E-state index contributed by atoms with van der Waals surface area (Å²) >= 11 is 0. The Balaban J connectivity index is 1.82. The van der Waals surface area contributed by atoms with E-state index in [1.165, 1.54) is 61.7 Å². The highest BCUT2D eigenvalue weighted by atomic mass is 16.3. The molecule has 2 heteroatoms. The second-order valence-electron chi connectivity index (χ2n) is 6.01. The summed E-state index contributed by atoms with van der Waals surface area (Å²) in [6.07, 6.45) is 8.00. The van der Waals surface area contributed by atoms with Gasteiger partial charge in [-0.05, 0) is 74.5 Å². The average Bonchev–Trinajstić information content (AvgIpc) is 2.91. The van der Waals surface area contributed by atoms with Gasteiger partial charge in [0, 0.05) is 11.4 Å². The van der Waals surface area contributed by atoms with Crippen LogP contribution in [-0.2, 0) is 12.8 Å². The molecule has 1 heterocycles. The quantitative estimate of drug-likeness (QED) is 0.800. The van der Waals surface area contributed by atoms with Gasteiger partial charge in [-0.25, -0.2) is 0 Å². The molecule has 0 aliphatic heterocycles. The van der Waals surface area contributed by atoms with Crippen LogP contribution < -0.4 is 0 Å². The minimum absolute atomic E-state index is 0.728. The van der Waals surface area contributed by atoms with Crippen molar-refractivity contribution in [1.82, 2.24) is 4.90 Å². The Hall–Kier alpha value is -1.28. The molecule has 1 unspecified atom stereocenters. The van der Waals surface area contributed by atoms with E-state index in [-0.39, 0.29) is 0 Å². The molecule has 20 heavy (non-hydrogen) atoms. The maximum atomic E-state index is 5.52. The van der Waals surface area contributed by atoms with Gasteiger partial charge in [0.2, 0.25) is 0 Å². The molecule has 1 aromatic heterocycles. The van der Waals surface area contributed by atoms with E-state index in [2.05, 4.69) is 36.9 Å².